The molecule has 14 heterocycles. The number of nitrogens with one attached hydrogen (secondary N) is 5. The largest absolute Gasteiger partial charge is 0.650 e. The summed E-state index contributed by atoms with van der Waals surface area (Å²) in [4.78, 5) is 95.9. The van der Waals surface area contributed by atoms with Crippen molar-refractivity contribution in [2.75, 3.05) is 39.3 Å². The Kier molecular flexibility index (Phi) is 34.5. The lowest BCUT2D eigenvalue weighted by molar-refractivity contribution is -0.718. The van der Waals surface area contributed by atoms with Crippen LogP contribution in [0.3, 0.4) is 0 Å². The number of aliphatic imine (C=N–C) groups is 2. The molecule has 0 unspecified atom stereocenters. The van der Waals surface area contributed by atoms with Crippen LogP contribution in [0.15, 0.2) is 341 Å². The molecule has 10 N–H and O–H groups in total. The first-order valence-electron chi connectivity index (χ1n) is 46.1. The molecule has 0 aliphatic rings. The van der Waals surface area contributed by atoms with Crippen LogP contribution in [0.4, 0.5) is 0 Å². The molecule has 14 rings (SSSR count). The fourth-order valence-electron chi connectivity index (χ4n) is 15.1. The maximum Gasteiger partial charge on any atom is 0.372 e. The van der Waals surface area contributed by atoms with Crippen LogP contribution in [0.25, 0.3) is 105 Å². The molecule has 14 aromatic heterocycles. The standard InChI is InChI=1S/C106H108N24O10/c1-119-41-11-77(12-42-119)83-23-53-125(54-24-83)65-35-107-97(131)71-93(103(137)111-39-69-129-61-31-87(32-62-129)81-19-49-123(5)50-20-81)117-105(139)95(73-99(133)109-37-67-127-57-27-85(28-58-127)79-15-45-121(3)46-16-79)115-101(135)89-7-9-91(113-75-89)92-10-8-90(76-114-92)102(136)116-96(74-100(134)110-38-68-128-59-29-86(30-60-128)80-17-47-122(4)48-18-80)106(140)118-94(104(138)112-40-70-130-63-33-88(34-64-130)82-21-51-124(6)52-22-82)72-98(132)108-36-66-126-55-25-84(26-56-126)78-13-43-120(2)44-14-78/h7-34,41-64,75-76,93-96H,35-40,65-74H2,1-6H3/q+2/p+10/t93-,94-,95-,96-/m0/s1. The lowest BCUT2D eigenvalue weighted by atomic mass is 10.1. The second kappa shape index (κ2) is 48.8. The molecule has 0 radical (unpaired) electrons. The predicted molar refractivity (Wildman–Crippen MR) is 513 cm³/mol. The number of H-pyrrole nitrogens is 2. The Morgan fingerprint density at radius 3 is 0.907 bits per heavy atom. The van der Waals surface area contributed by atoms with Gasteiger partial charge in [0.15, 0.2) is 161 Å². The number of pyridine rings is 14. The van der Waals surface area contributed by atoms with E-state index >= 15 is 0 Å². The lowest BCUT2D eigenvalue weighted by Gasteiger charge is -2.38. The summed E-state index contributed by atoms with van der Waals surface area (Å²) < 4.78 is 23.0. The van der Waals surface area contributed by atoms with Crippen LogP contribution in [-0.4, -0.2) is 148 Å². The minimum absolute atomic E-state index is 0.00544. The fourth-order valence-corrected chi connectivity index (χ4v) is 15.1. The third-order valence-corrected chi connectivity index (χ3v) is 23.5. The Bertz CT molecular complexity index is 6690. The Morgan fingerprint density at radius 2 is 0.586 bits per heavy atom. The summed E-state index contributed by atoms with van der Waals surface area (Å²) in [6, 6.07) is 47.6. The summed E-state index contributed by atoms with van der Waals surface area (Å²) in [5.74, 6) is -6.80. The molecule has 140 heavy (non-hydrogen) atoms. The molecule has 0 saturated heterocycles. The van der Waals surface area contributed by atoms with Crippen molar-refractivity contribution in [1.29, 1.82) is 0 Å². The van der Waals surface area contributed by atoms with Crippen LogP contribution in [0.1, 0.15) is 36.8 Å². The first kappa shape index (κ1) is 98.8. The highest BCUT2D eigenvalue weighted by molar-refractivity contribution is 6.09. The van der Waals surface area contributed by atoms with Gasteiger partial charge in [-0.3, -0.25) is 0 Å². The Balaban J connectivity index is 0.699. The number of aliphatic hydroxyl groups is 5. The highest BCUT2D eigenvalue weighted by Gasteiger charge is 2.32. The molecule has 710 valence electrons. The quantitative estimate of drug-likeness (QED) is 0.0153. The van der Waals surface area contributed by atoms with Gasteiger partial charge >= 0.3 is 17.7 Å². The number of aromatic nitrogens is 14. The first-order valence-corrected chi connectivity index (χ1v) is 46.1. The molecule has 5 amide bonds. The zero-order chi connectivity index (χ0) is 98.2. The third-order valence-electron chi connectivity index (χ3n) is 23.5. The molecule has 0 aromatic carbocycles. The fraction of sp³-hybridized carbons (Fsp3) is 0.245. The van der Waals surface area contributed by atoms with Crippen molar-refractivity contribution >= 4 is 59.0 Å². The van der Waals surface area contributed by atoms with Gasteiger partial charge in [-0.1, -0.05) is 32.2 Å². The topological polar surface area (TPSA) is 398 Å². The highest BCUT2D eigenvalue weighted by Crippen LogP contribution is 2.25. The number of hydrogen-bond donors (Lipinski definition) is 8. The van der Waals surface area contributed by atoms with Gasteiger partial charge in [0.25, 0.3) is 17.3 Å². The minimum atomic E-state index is -1.77. The minimum Gasteiger partial charge on any atom is -0.650 e. The van der Waals surface area contributed by atoms with E-state index in [1.54, 1.807) is 18.2 Å². The van der Waals surface area contributed by atoms with Crippen molar-refractivity contribution in [3.8, 4) is 78.1 Å². The SMILES string of the molecule is C[n+]1ccc(-c2cc[n+](CC[N-]C(=O)C[C@H](N=C(O)c3ccc(-c4ccc(C(O)=[NH+][C@@H](CC(O)=[NH+]CC[n+]5ccc(-c6cc[n+](C)cc6)cc5)C(O)=N[C@@H](CC(O)=[NH+]CC[n+]5ccc(-c6cc[n+](C)cc6)cc5)C(=O)[N-]CC[n+]5ccc(-c6cc[n+](C)cc6)cc5)c[nH+]4)[nH+]c3)C(=O)[N-][C@@H](CC(=O)[N-]CC[n+]3ccc(-c4cc[n+](C)cc4)cc3)C(=O)[N-]CC[n+]3ccc(-c4cc[n+](C)cc4)cc3)cc2)cc1. The normalized spacial score (nSPS) is 12.8. The molecule has 0 aliphatic heterocycles. The van der Waals surface area contributed by atoms with E-state index in [1.807, 2.05) is 391 Å². The molecule has 34 heteroatoms. The molecule has 0 aliphatic carbocycles. The number of aromatic amines is 2. The number of aryl methyl sites for hydroxylation is 6. The summed E-state index contributed by atoms with van der Waals surface area (Å²) in [5.41, 5.74) is 13.2. The van der Waals surface area contributed by atoms with Crippen LogP contribution >= 0.6 is 0 Å². The monoisotopic (exact) mass is 1890 g/mol. The van der Waals surface area contributed by atoms with Crippen molar-refractivity contribution < 1.29 is 129 Å². The van der Waals surface area contributed by atoms with Gasteiger partial charge in [0.2, 0.25) is 38.1 Å². The maximum atomic E-state index is 14.9. The zero-order valence-electron chi connectivity index (χ0n) is 79.1. The number of carbonyl (C=O) groups excluding carboxylic acids is 5. The zero-order valence-corrected chi connectivity index (χ0v) is 79.1. The summed E-state index contributed by atoms with van der Waals surface area (Å²) >= 11 is 0. The van der Waals surface area contributed by atoms with Gasteiger partial charge in [-0.15, -0.1) is 0 Å². The molecular weight excluding hydrogens is 1770 g/mol. The Hall–Kier alpha value is -17.2. The lowest BCUT2D eigenvalue weighted by Crippen LogP contribution is -2.84. The third kappa shape index (κ3) is 29.4. The molecule has 0 spiro atoms. The summed E-state index contributed by atoms with van der Waals surface area (Å²) in [6.45, 7) is 2.37. The number of nitrogens with zero attached hydrogens (tertiary/aromatic N) is 19. The van der Waals surface area contributed by atoms with Gasteiger partial charge in [0, 0.05) is 170 Å². The molecular formula is C106H118N24O10+12. The Morgan fingerprint density at radius 1 is 0.307 bits per heavy atom. The van der Waals surface area contributed by atoms with E-state index < -0.39 is 97.1 Å². The van der Waals surface area contributed by atoms with Crippen molar-refractivity contribution in [2.24, 2.45) is 52.3 Å². The second-order valence-corrected chi connectivity index (χ2v) is 34.0. The van der Waals surface area contributed by atoms with Gasteiger partial charge in [-0.05, 0) is 85.3 Å². The van der Waals surface area contributed by atoms with Crippen molar-refractivity contribution in [3.63, 3.8) is 0 Å². The smallest absolute Gasteiger partial charge is 0.372 e. The summed E-state index contributed by atoms with van der Waals surface area (Å²) in [5, 5.41) is 81.3. The molecule has 4 atom stereocenters. The number of hydrogen-bond acceptors (Lipinski definition) is 7. The molecule has 0 fully saturated rings. The van der Waals surface area contributed by atoms with Crippen LogP contribution < -0.4 is 79.8 Å². The number of carbonyl (C=O) groups is 5. The molecule has 34 nitrogen and oxygen atoms in total. The van der Waals surface area contributed by atoms with Crippen LogP contribution in [-0.2, 0) is 106 Å². The van der Waals surface area contributed by atoms with Gasteiger partial charge in [0.1, 0.15) is 92.5 Å². The van der Waals surface area contributed by atoms with Crippen molar-refractivity contribution in [1.82, 2.24) is 0 Å². The van der Waals surface area contributed by atoms with E-state index in [4.69, 9.17) is 0 Å². The molecule has 14 aromatic rings. The van der Waals surface area contributed by atoms with Gasteiger partial charge in [0.05, 0.1) is 35.6 Å². The van der Waals surface area contributed by atoms with Crippen molar-refractivity contribution in [2.45, 2.75) is 89.1 Å². The van der Waals surface area contributed by atoms with E-state index in [0.717, 1.165) is 66.8 Å². The first-order chi connectivity index (χ1) is 67.9. The van der Waals surface area contributed by atoms with E-state index in [-0.39, 0.29) is 75.3 Å². The van der Waals surface area contributed by atoms with E-state index in [9.17, 15) is 49.5 Å². The summed E-state index contributed by atoms with van der Waals surface area (Å²) in [7, 11) is 11.7. The van der Waals surface area contributed by atoms with Gasteiger partial charge in [-0.2, -0.15) is 14.1 Å². The average molecular weight is 1890 g/mol. The molecule has 0 bridgehead atoms. The maximum absolute atomic E-state index is 14.9. The second-order valence-electron chi connectivity index (χ2n) is 34.0. The number of aliphatic hydroxyl groups excluding tert-OH is 5. The highest BCUT2D eigenvalue weighted by atomic mass is 16.3. The van der Waals surface area contributed by atoms with Crippen LogP contribution in [0, 0.1) is 0 Å². The summed E-state index contributed by atoms with van der Waals surface area (Å²) in [6.07, 6.45) is 46.9. The van der Waals surface area contributed by atoms with E-state index in [1.165, 1.54) is 18.5 Å². The number of rotatable bonds is 43. The van der Waals surface area contributed by atoms with Crippen LogP contribution in [0.5, 0.6) is 0 Å². The predicted octanol–water partition coefficient (Wildman–Crippen LogP) is 1.11. The van der Waals surface area contributed by atoms with E-state index in [2.05, 4.69) is 61.5 Å². The van der Waals surface area contributed by atoms with Crippen molar-refractivity contribution in [3.05, 3.63) is 369 Å². The Labute approximate surface area is 811 Å². The average Bonchev–Trinajstić information content (AvgIpc) is 0.837. The number of amides is 5. The van der Waals surface area contributed by atoms with Crippen LogP contribution in [0.2, 0.25) is 0 Å². The van der Waals surface area contributed by atoms with Gasteiger partial charge < -0.3 is 76.1 Å². The van der Waals surface area contributed by atoms with E-state index in [0.29, 0.717) is 37.6 Å². The van der Waals surface area contributed by atoms with Gasteiger partial charge in [-0.25, -0.2) is 75.6 Å². The molecule has 0 saturated carbocycles.